The first-order valence-electron chi connectivity index (χ1n) is 10.6. The number of anilines is 1. The summed E-state index contributed by atoms with van der Waals surface area (Å²) >= 11 is 5.01. The predicted octanol–water partition coefficient (Wildman–Crippen LogP) is 5.44. The molecular formula is C24H17F5N6O2S. The van der Waals surface area contributed by atoms with Gasteiger partial charge in [-0.2, -0.15) is 5.10 Å². The van der Waals surface area contributed by atoms with Crippen molar-refractivity contribution in [3.8, 4) is 28.6 Å². The summed E-state index contributed by atoms with van der Waals surface area (Å²) in [6.07, 6.45) is -1.90. The Morgan fingerprint density at radius 2 is 1.66 bits per heavy atom. The van der Waals surface area contributed by atoms with Crippen molar-refractivity contribution >= 4 is 29.2 Å². The first-order chi connectivity index (χ1) is 18.1. The van der Waals surface area contributed by atoms with Gasteiger partial charge in [0.15, 0.2) is 22.6 Å². The molecule has 0 saturated heterocycles. The number of benzene rings is 3. The zero-order valence-electron chi connectivity index (χ0n) is 19.3. The topological polar surface area (TPSA) is 85.6 Å². The first-order valence-corrected chi connectivity index (χ1v) is 11.0. The molecule has 4 aromatic rings. The number of hydrogen-bond acceptors (Lipinski definition) is 6. The first kappa shape index (κ1) is 26.5. The molecule has 14 heteroatoms. The van der Waals surface area contributed by atoms with Crippen molar-refractivity contribution in [3.05, 3.63) is 84.2 Å². The molecule has 38 heavy (non-hydrogen) atoms. The number of methoxy groups -OCH3 is 1. The third-order valence-electron chi connectivity index (χ3n) is 4.87. The van der Waals surface area contributed by atoms with E-state index in [4.69, 9.17) is 17.0 Å². The van der Waals surface area contributed by atoms with E-state index < -0.39 is 23.7 Å². The van der Waals surface area contributed by atoms with Crippen LogP contribution < -0.4 is 20.2 Å². The van der Waals surface area contributed by atoms with Crippen LogP contribution in [-0.4, -0.2) is 39.6 Å². The van der Waals surface area contributed by atoms with Gasteiger partial charge in [-0.05, 0) is 42.0 Å². The third-order valence-corrected chi connectivity index (χ3v) is 5.06. The molecule has 0 radical (unpaired) electrons. The van der Waals surface area contributed by atoms with E-state index in [0.717, 1.165) is 12.1 Å². The number of hydrazone groups is 1. The van der Waals surface area contributed by atoms with Gasteiger partial charge in [0.2, 0.25) is 0 Å². The Hall–Kier alpha value is -4.59. The zero-order valence-corrected chi connectivity index (χ0v) is 20.1. The number of nitrogens with zero attached hydrogens (tertiary/aromatic N) is 4. The van der Waals surface area contributed by atoms with E-state index in [1.807, 2.05) is 0 Å². The maximum Gasteiger partial charge on any atom is 0.573 e. The fraction of sp³-hybridized carbons (Fsp3) is 0.0833. The van der Waals surface area contributed by atoms with Gasteiger partial charge in [0, 0.05) is 17.7 Å². The Labute approximate surface area is 217 Å². The molecule has 0 unspecified atom stereocenters. The van der Waals surface area contributed by atoms with Crippen LogP contribution in [0.1, 0.15) is 5.56 Å². The molecule has 0 fully saturated rings. The van der Waals surface area contributed by atoms with E-state index >= 15 is 0 Å². The third kappa shape index (κ3) is 6.79. The van der Waals surface area contributed by atoms with E-state index in [1.165, 1.54) is 48.6 Å². The minimum Gasteiger partial charge on any atom is -0.497 e. The minimum atomic E-state index is -4.77. The highest BCUT2D eigenvalue weighted by atomic mass is 32.1. The van der Waals surface area contributed by atoms with E-state index in [1.54, 1.807) is 24.3 Å². The quantitative estimate of drug-likeness (QED) is 0.138. The average molecular weight is 548 g/mol. The van der Waals surface area contributed by atoms with Crippen molar-refractivity contribution in [2.45, 2.75) is 6.36 Å². The van der Waals surface area contributed by atoms with Crippen molar-refractivity contribution in [1.82, 2.24) is 20.2 Å². The molecule has 8 nitrogen and oxygen atoms in total. The summed E-state index contributed by atoms with van der Waals surface area (Å²) in [5.41, 5.74) is 3.87. The second kappa shape index (κ2) is 11.2. The standard InChI is InChI=1S/C24H17F5N6O2S/c1-36-18-10-19(25)21(20(26)11-18)32-23(38)33-31-12-14-2-4-15(5-3-14)22-30-13-35(34-22)16-6-8-17(9-7-16)37-24(27,28)29/h2-13H,1H3,(H2,32,33,38)/b31-12+. The lowest BCUT2D eigenvalue weighted by atomic mass is 10.1. The molecule has 1 heterocycles. The molecule has 0 aliphatic carbocycles. The lowest BCUT2D eigenvalue weighted by Crippen LogP contribution is -2.25. The summed E-state index contributed by atoms with van der Waals surface area (Å²) in [6, 6.07) is 14.1. The highest BCUT2D eigenvalue weighted by Crippen LogP contribution is 2.25. The van der Waals surface area contributed by atoms with Crippen LogP contribution in [0.4, 0.5) is 27.6 Å². The van der Waals surface area contributed by atoms with Gasteiger partial charge in [0.25, 0.3) is 0 Å². The van der Waals surface area contributed by atoms with Crippen molar-refractivity contribution in [3.63, 3.8) is 0 Å². The molecule has 0 atom stereocenters. The largest absolute Gasteiger partial charge is 0.573 e. The van der Waals surface area contributed by atoms with Crippen molar-refractivity contribution in [2.24, 2.45) is 5.10 Å². The molecule has 2 N–H and O–H groups in total. The van der Waals surface area contributed by atoms with Gasteiger partial charge >= 0.3 is 6.36 Å². The number of rotatable bonds is 7. The van der Waals surface area contributed by atoms with Gasteiger partial charge in [-0.15, -0.1) is 18.3 Å². The van der Waals surface area contributed by atoms with Gasteiger partial charge in [-0.25, -0.2) is 18.4 Å². The molecule has 196 valence electrons. The number of aromatic nitrogens is 3. The van der Waals surface area contributed by atoms with Crippen LogP contribution in [0.2, 0.25) is 0 Å². The summed E-state index contributed by atoms with van der Waals surface area (Å²) in [4.78, 5) is 4.22. The van der Waals surface area contributed by atoms with E-state index in [0.29, 0.717) is 22.6 Å². The summed E-state index contributed by atoms with van der Waals surface area (Å²) < 4.78 is 75.1. The second-order valence-electron chi connectivity index (χ2n) is 7.47. The molecule has 0 saturated carbocycles. The summed E-state index contributed by atoms with van der Waals surface area (Å²) in [5.74, 6) is -1.69. The zero-order chi connectivity index (χ0) is 27.3. The fourth-order valence-corrected chi connectivity index (χ4v) is 3.29. The fourth-order valence-electron chi connectivity index (χ4n) is 3.13. The molecule has 0 amide bonds. The number of thiocarbonyl (C=S) groups is 1. The van der Waals surface area contributed by atoms with E-state index in [2.05, 4.69) is 30.7 Å². The highest BCUT2D eigenvalue weighted by molar-refractivity contribution is 7.80. The van der Waals surface area contributed by atoms with Crippen molar-refractivity contribution in [2.75, 3.05) is 12.4 Å². The lowest BCUT2D eigenvalue weighted by Gasteiger charge is -2.10. The minimum absolute atomic E-state index is 0.0291. The SMILES string of the molecule is COc1cc(F)c(NC(=S)N/N=C/c2ccc(-c3ncn(-c4ccc(OC(F)(F)F)cc4)n3)cc2)c(F)c1. The molecule has 4 rings (SSSR count). The highest BCUT2D eigenvalue weighted by Gasteiger charge is 2.31. The molecular weight excluding hydrogens is 531 g/mol. The smallest absolute Gasteiger partial charge is 0.497 e. The van der Waals surface area contributed by atoms with Crippen LogP contribution in [0.15, 0.2) is 72.1 Å². The Bertz CT molecular complexity index is 1430. The number of alkyl halides is 3. The van der Waals surface area contributed by atoms with E-state index in [9.17, 15) is 22.0 Å². The molecule has 3 aromatic carbocycles. The van der Waals surface area contributed by atoms with Crippen molar-refractivity contribution in [1.29, 1.82) is 0 Å². The number of nitrogens with one attached hydrogen (secondary N) is 2. The van der Waals surface area contributed by atoms with Crippen LogP contribution >= 0.6 is 12.2 Å². The van der Waals surface area contributed by atoms with E-state index in [-0.39, 0.29) is 16.6 Å². The Balaban J connectivity index is 1.35. The van der Waals surface area contributed by atoms with Gasteiger partial charge < -0.3 is 14.8 Å². The van der Waals surface area contributed by atoms with Crippen LogP contribution in [-0.2, 0) is 0 Å². The molecule has 1 aromatic heterocycles. The van der Waals surface area contributed by atoms with Gasteiger partial charge in [0.1, 0.15) is 23.5 Å². The van der Waals surface area contributed by atoms with Gasteiger partial charge in [0.05, 0.1) is 19.0 Å². The molecule has 0 bridgehead atoms. The van der Waals surface area contributed by atoms with Crippen LogP contribution in [0.25, 0.3) is 17.1 Å². The molecule has 0 aliphatic rings. The number of ether oxygens (including phenoxy) is 2. The maximum atomic E-state index is 14.0. The average Bonchev–Trinajstić information content (AvgIpc) is 3.36. The number of hydrogen-bond donors (Lipinski definition) is 2. The molecule has 0 aliphatic heterocycles. The Morgan fingerprint density at radius 3 is 2.26 bits per heavy atom. The predicted molar refractivity (Wildman–Crippen MR) is 133 cm³/mol. The summed E-state index contributed by atoms with van der Waals surface area (Å²) in [6.45, 7) is 0. The van der Waals surface area contributed by atoms with Crippen LogP contribution in [0.5, 0.6) is 11.5 Å². The maximum absolute atomic E-state index is 14.0. The van der Waals surface area contributed by atoms with Crippen LogP contribution in [0.3, 0.4) is 0 Å². The van der Waals surface area contributed by atoms with Crippen LogP contribution in [0, 0.1) is 11.6 Å². The lowest BCUT2D eigenvalue weighted by molar-refractivity contribution is -0.274. The Morgan fingerprint density at radius 1 is 1.00 bits per heavy atom. The monoisotopic (exact) mass is 548 g/mol. The summed E-state index contributed by atoms with van der Waals surface area (Å²) in [5, 5.41) is 10.5. The van der Waals surface area contributed by atoms with Crippen molar-refractivity contribution < 1.29 is 31.4 Å². The number of halogens is 5. The second-order valence-corrected chi connectivity index (χ2v) is 7.87. The normalized spacial score (nSPS) is 11.4. The summed E-state index contributed by atoms with van der Waals surface area (Å²) in [7, 11) is 1.29. The van der Waals surface area contributed by atoms with Gasteiger partial charge in [-0.3, -0.25) is 5.43 Å². The van der Waals surface area contributed by atoms with Gasteiger partial charge in [-0.1, -0.05) is 24.3 Å². The Kier molecular flexibility index (Phi) is 7.81. The molecule has 0 spiro atoms.